The minimum absolute atomic E-state index is 0.0969. The summed E-state index contributed by atoms with van der Waals surface area (Å²) < 4.78 is 19.2. The molecule has 0 aliphatic heterocycles. The number of pyridine rings is 1. The monoisotopic (exact) mass is 253 g/mol. The molecule has 1 fully saturated rings. The van der Waals surface area contributed by atoms with Gasteiger partial charge in [-0.25, -0.2) is 9.37 Å². The molecule has 0 spiro atoms. The van der Waals surface area contributed by atoms with Gasteiger partial charge in [-0.15, -0.1) is 0 Å². The topological polar surface area (TPSA) is 59.4 Å². The highest BCUT2D eigenvalue weighted by Crippen LogP contribution is 2.38. The molecular weight excluding hydrogens is 237 g/mol. The molecule has 4 nitrogen and oxygen atoms in total. The summed E-state index contributed by atoms with van der Waals surface area (Å²) in [6.45, 7) is 2.05. The Morgan fingerprint density at radius 3 is 2.78 bits per heavy atom. The van der Waals surface area contributed by atoms with Gasteiger partial charge in [-0.1, -0.05) is 0 Å². The largest absolute Gasteiger partial charge is 0.476 e. The molecule has 18 heavy (non-hydrogen) atoms. The molecule has 1 N–H and O–H groups in total. The van der Waals surface area contributed by atoms with E-state index >= 15 is 0 Å². The van der Waals surface area contributed by atoms with E-state index in [2.05, 4.69) is 4.98 Å². The van der Waals surface area contributed by atoms with E-state index in [4.69, 9.17) is 4.74 Å². The minimum Gasteiger partial charge on any atom is -0.476 e. The number of nitrogens with zero attached hydrogens (tertiary/aromatic N) is 1. The van der Waals surface area contributed by atoms with E-state index < -0.39 is 11.4 Å². The lowest BCUT2D eigenvalue weighted by Crippen LogP contribution is -2.32. The van der Waals surface area contributed by atoms with Crippen LogP contribution in [-0.2, 0) is 10.4 Å². The van der Waals surface area contributed by atoms with Crippen molar-refractivity contribution in [3.8, 4) is 5.88 Å². The summed E-state index contributed by atoms with van der Waals surface area (Å²) in [5.41, 5.74) is -1.11. The molecular formula is C13H16FNO3. The summed E-state index contributed by atoms with van der Waals surface area (Å²) in [7, 11) is 0. The minimum atomic E-state index is -1.28. The maximum atomic E-state index is 14.2. The summed E-state index contributed by atoms with van der Waals surface area (Å²) >= 11 is 0. The predicted molar refractivity (Wildman–Crippen MR) is 62.7 cm³/mol. The zero-order chi connectivity index (χ0) is 13.2. The zero-order valence-electron chi connectivity index (χ0n) is 10.3. The number of rotatable bonds is 3. The lowest BCUT2D eigenvalue weighted by molar-refractivity contribution is -0.125. The average molecular weight is 253 g/mol. The molecule has 1 saturated carbocycles. The Bertz CT molecular complexity index is 452. The maximum Gasteiger partial charge on any atom is 0.250 e. The number of hydrogen-bond acceptors (Lipinski definition) is 4. The molecule has 1 aliphatic carbocycles. The number of halogens is 1. The van der Waals surface area contributed by atoms with Crippen LogP contribution in [-0.4, -0.2) is 22.5 Å². The van der Waals surface area contributed by atoms with Gasteiger partial charge in [0.2, 0.25) is 0 Å². The molecule has 1 aromatic heterocycles. The van der Waals surface area contributed by atoms with Crippen molar-refractivity contribution in [2.45, 2.75) is 38.2 Å². The van der Waals surface area contributed by atoms with Crippen molar-refractivity contribution in [2.24, 2.45) is 0 Å². The van der Waals surface area contributed by atoms with Gasteiger partial charge in [-0.2, -0.15) is 0 Å². The molecule has 1 heterocycles. The number of carbonyl (C=O) groups is 1. The first kappa shape index (κ1) is 13.0. The molecule has 1 aromatic rings. The van der Waals surface area contributed by atoms with Crippen LogP contribution >= 0.6 is 0 Å². The van der Waals surface area contributed by atoms with Gasteiger partial charge in [0.1, 0.15) is 5.78 Å². The molecule has 0 aromatic carbocycles. The number of aromatic nitrogens is 1. The van der Waals surface area contributed by atoms with Gasteiger partial charge in [0.15, 0.2) is 5.82 Å². The van der Waals surface area contributed by atoms with Gasteiger partial charge in [0.05, 0.1) is 12.2 Å². The van der Waals surface area contributed by atoms with E-state index in [-0.39, 0.29) is 42.9 Å². The number of ketones is 1. The Morgan fingerprint density at radius 2 is 2.17 bits per heavy atom. The molecule has 0 unspecified atom stereocenters. The van der Waals surface area contributed by atoms with Crippen LogP contribution in [0, 0.1) is 5.82 Å². The fourth-order valence-electron chi connectivity index (χ4n) is 2.23. The second-order valence-corrected chi connectivity index (χ2v) is 4.48. The van der Waals surface area contributed by atoms with Crippen LogP contribution in [0.2, 0.25) is 0 Å². The van der Waals surface area contributed by atoms with Crippen LogP contribution < -0.4 is 4.74 Å². The standard InChI is InChI=1S/C13H16FNO3/c1-2-18-12-11(14)10(5-8-15-12)13(17)6-3-9(16)4-7-13/h5,8,17H,2-4,6-7H2,1H3. The Balaban J connectivity index is 2.32. The van der Waals surface area contributed by atoms with Gasteiger partial charge < -0.3 is 9.84 Å². The summed E-state index contributed by atoms with van der Waals surface area (Å²) in [5.74, 6) is -0.615. The number of aliphatic hydroxyl groups is 1. The molecule has 0 saturated heterocycles. The van der Waals surface area contributed by atoms with Crippen molar-refractivity contribution in [2.75, 3.05) is 6.61 Å². The number of hydrogen-bond donors (Lipinski definition) is 1. The Hall–Kier alpha value is -1.49. The molecule has 0 atom stereocenters. The smallest absolute Gasteiger partial charge is 0.250 e. The molecule has 98 valence electrons. The fraction of sp³-hybridized carbons (Fsp3) is 0.538. The Kier molecular flexibility index (Phi) is 3.61. The van der Waals surface area contributed by atoms with Gasteiger partial charge in [-0.3, -0.25) is 4.79 Å². The third-order valence-corrected chi connectivity index (χ3v) is 3.27. The SMILES string of the molecule is CCOc1nccc(C2(O)CCC(=O)CC2)c1F. The number of carbonyl (C=O) groups excluding carboxylic acids is 1. The summed E-state index contributed by atoms with van der Waals surface area (Å²) in [5, 5.41) is 10.5. The maximum absolute atomic E-state index is 14.2. The van der Waals surface area contributed by atoms with Crippen LogP contribution in [0.5, 0.6) is 5.88 Å². The predicted octanol–water partition coefficient (Wildman–Crippen LogP) is 1.95. The van der Waals surface area contributed by atoms with Gasteiger partial charge >= 0.3 is 0 Å². The van der Waals surface area contributed by atoms with Crippen molar-refractivity contribution in [3.05, 3.63) is 23.6 Å². The van der Waals surface area contributed by atoms with Gasteiger partial charge in [-0.05, 0) is 25.8 Å². The van der Waals surface area contributed by atoms with Gasteiger partial charge in [0, 0.05) is 24.6 Å². The first-order valence-corrected chi connectivity index (χ1v) is 6.08. The van der Waals surface area contributed by atoms with Crippen molar-refractivity contribution in [3.63, 3.8) is 0 Å². The first-order chi connectivity index (χ1) is 8.57. The molecule has 0 bridgehead atoms. The average Bonchev–Trinajstić information content (AvgIpc) is 2.36. The van der Waals surface area contributed by atoms with Crippen LogP contribution in [0.25, 0.3) is 0 Å². The van der Waals surface area contributed by atoms with Crippen molar-refractivity contribution in [1.82, 2.24) is 4.98 Å². The lowest BCUT2D eigenvalue weighted by atomic mass is 9.79. The zero-order valence-corrected chi connectivity index (χ0v) is 10.3. The van der Waals surface area contributed by atoms with E-state index in [9.17, 15) is 14.3 Å². The second-order valence-electron chi connectivity index (χ2n) is 4.48. The highest BCUT2D eigenvalue weighted by atomic mass is 19.1. The van der Waals surface area contributed by atoms with Crippen LogP contribution in [0.4, 0.5) is 4.39 Å². The van der Waals surface area contributed by atoms with Crippen molar-refractivity contribution in [1.29, 1.82) is 0 Å². The summed E-state index contributed by atoms with van der Waals surface area (Å²) in [6.07, 6.45) is 2.47. The normalized spacial score (nSPS) is 18.7. The van der Waals surface area contributed by atoms with E-state index in [0.717, 1.165) is 0 Å². The second kappa shape index (κ2) is 5.02. The van der Waals surface area contributed by atoms with E-state index in [1.807, 2.05) is 0 Å². The van der Waals surface area contributed by atoms with E-state index in [1.165, 1.54) is 12.3 Å². The first-order valence-electron chi connectivity index (χ1n) is 6.08. The lowest BCUT2D eigenvalue weighted by Gasteiger charge is -2.32. The number of ether oxygens (including phenoxy) is 1. The Morgan fingerprint density at radius 1 is 1.50 bits per heavy atom. The molecule has 2 rings (SSSR count). The summed E-state index contributed by atoms with van der Waals surface area (Å²) in [4.78, 5) is 15.0. The molecule has 0 radical (unpaired) electrons. The third-order valence-electron chi connectivity index (χ3n) is 3.27. The van der Waals surface area contributed by atoms with E-state index in [1.54, 1.807) is 6.92 Å². The van der Waals surface area contributed by atoms with Crippen molar-refractivity contribution < 1.29 is 19.0 Å². The number of Topliss-reactive ketones (excluding diaryl/α,β-unsaturated/α-hetero) is 1. The third kappa shape index (κ3) is 2.36. The van der Waals surface area contributed by atoms with E-state index in [0.29, 0.717) is 6.61 Å². The quantitative estimate of drug-likeness (QED) is 0.894. The molecule has 5 heteroatoms. The van der Waals surface area contributed by atoms with Gasteiger partial charge in [0.25, 0.3) is 5.88 Å². The fourth-order valence-corrected chi connectivity index (χ4v) is 2.23. The molecule has 1 aliphatic rings. The molecule has 0 amide bonds. The Labute approximate surface area is 105 Å². The highest BCUT2D eigenvalue weighted by Gasteiger charge is 2.37. The summed E-state index contributed by atoms with van der Waals surface area (Å²) in [6, 6.07) is 1.45. The van der Waals surface area contributed by atoms with Crippen molar-refractivity contribution >= 4 is 5.78 Å². The van der Waals surface area contributed by atoms with Crippen LogP contribution in [0.15, 0.2) is 12.3 Å². The van der Waals surface area contributed by atoms with Crippen LogP contribution in [0.1, 0.15) is 38.2 Å². The van der Waals surface area contributed by atoms with Crippen LogP contribution in [0.3, 0.4) is 0 Å². The highest BCUT2D eigenvalue weighted by molar-refractivity contribution is 5.79.